The third-order valence-electron chi connectivity index (χ3n) is 6.15. The summed E-state index contributed by atoms with van der Waals surface area (Å²) in [5.41, 5.74) is 3.33. The van der Waals surface area contributed by atoms with Gasteiger partial charge < -0.3 is 23.7 Å². The molecule has 186 valence electrons. The van der Waals surface area contributed by atoms with Crippen molar-refractivity contribution < 1.29 is 23.7 Å². The molecule has 1 aliphatic rings. The fraction of sp³-hybridized carbons (Fsp3) is 0.379. The number of ether oxygens (including phenoxy) is 5. The zero-order valence-corrected chi connectivity index (χ0v) is 21.6. The van der Waals surface area contributed by atoms with Gasteiger partial charge in [0.05, 0.1) is 32.5 Å². The maximum atomic E-state index is 6.53. The molecule has 35 heavy (non-hydrogen) atoms. The van der Waals surface area contributed by atoms with Gasteiger partial charge in [0.2, 0.25) is 0 Å². The van der Waals surface area contributed by atoms with Gasteiger partial charge in [-0.05, 0) is 16.7 Å². The van der Waals surface area contributed by atoms with Crippen LogP contribution in [0.5, 0.6) is 0 Å². The quantitative estimate of drug-likeness (QED) is 0.273. The molecule has 0 spiro atoms. The second-order valence-corrected chi connectivity index (χ2v) is 9.27. The van der Waals surface area contributed by atoms with E-state index >= 15 is 0 Å². The zero-order valence-electron chi connectivity index (χ0n) is 20.0. The van der Waals surface area contributed by atoms with Gasteiger partial charge in [0.15, 0.2) is 6.29 Å². The first-order chi connectivity index (χ1) is 17.3. The smallest absolute Gasteiger partial charge is 0.163 e. The molecule has 3 aromatic rings. The Bertz CT molecular complexity index is 972. The number of alkyl halides is 1. The van der Waals surface area contributed by atoms with Gasteiger partial charge in [-0.3, -0.25) is 0 Å². The Kier molecular flexibility index (Phi) is 10.3. The summed E-state index contributed by atoms with van der Waals surface area (Å²) >= 11 is 3.66. The van der Waals surface area contributed by atoms with E-state index in [0.29, 0.717) is 31.8 Å². The van der Waals surface area contributed by atoms with Crippen LogP contribution in [0.25, 0.3) is 0 Å². The lowest BCUT2D eigenvalue weighted by atomic mass is 9.91. The van der Waals surface area contributed by atoms with Gasteiger partial charge in [-0.15, -0.1) is 0 Å². The minimum Gasteiger partial charge on any atom is -0.374 e. The van der Waals surface area contributed by atoms with Crippen molar-refractivity contribution in [1.29, 1.82) is 0 Å². The van der Waals surface area contributed by atoms with Crippen molar-refractivity contribution in [3.05, 3.63) is 108 Å². The SMILES string of the molecule is CO[C@H]1O[C@H](COCc2ccccc2)[C@@H](OCc2ccccc2)[C@H](OCc2ccccc2)[C@H]1CBr. The zero-order chi connectivity index (χ0) is 24.3. The highest BCUT2D eigenvalue weighted by Gasteiger charge is 2.47. The maximum absolute atomic E-state index is 6.53. The van der Waals surface area contributed by atoms with Crippen LogP contribution in [0.4, 0.5) is 0 Å². The Labute approximate surface area is 216 Å². The monoisotopic (exact) mass is 540 g/mol. The first-order valence-electron chi connectivity index (χ1n) is 12.0. The summed E-state index contributed by atoms with van der Waals surface area (Å²) in [4.78, 5) is 0. The van der Waals surface area contributed by atoms with E-state index in [2.05, 4.69) is 52.3 Å². The van der Waals surface area contributed by atoms with Crippen LogP contribution in [0.3, 0.4) is 0 Å². The highest BCUT2D eigenvalue weighted by Crippen LogP contribution is 2.33. The Hall–Kier alpha value is -2.06. The average molecular weight is 541 g/mol. The summed E-state index contributed by atoms with van der Waals surface area (Å²) in [5, 5.41) is 0.660. The third-order valence-corrected chi connectivity index (χ3v) is 6.89. The number of rotatable bonds is 12. The van der Waals surface area contributed by atoms with Crippen LogP contribution in [0.15, 0.2) is 91.0 Å². The number of methoxy groups -OCH3 is 1. The van der Waals surface area contributed by atoms with Crippen molar-refractivity contribution in [3.8, 4) is 0 Å². The van der Waals surface area contributed by atoms with Crippen molar-refractivity contribution >= 4 is 15.9 Å². The number of benzene rings is 3. The van der Waals surface area contributed by atoms with Crippen molar-refractivity contribution in [2.45, 2.75) is 44.4 Å². The lowest BCUT2D eigenvalue weighted by Crippen LogP contribution is -2.58. The van der Waals surface area contributed by atoms with Crippen molar-refractivity contribution in [3.63, 3.8) is 0 Å². The summed E-state index contributed by atoms with van der Waals surface area (Å²) < 4.78 is 31.2. The number of hydrogen-bond acceptors (Lipinski definition) is 5. The highest BCUT2D eigenvalue weighted by molar-refractivity contribution is 9.09. The molecule has 1 fully saturated rings. The van der Waals surface area contributed by atoms with Crippen LogP contribution in [0.1, 0.15) is 16.7 Å². The van der Waals surface area contributed by atoms with Gasteiger partial charge in [0, 0.05) is 18.4 Å². The topological polar surface area (TPSA) is 46.2 Å². The number of hydrogen-bond donors (Lipinski definition) is 0. The van der Waals surface area contributed by atoms with E-state index in [1.165, 1.54) is 0 Å². The maximum Gasteiger partial charge on any atom is 0.163 e. The van der Waals surface area contributed by atoms with E-state index in [9.17, 15) is 0 Å². The van der Waals surface area contributed by atoms with Crippen LogP contribution in [0.2, 0.25) is 0 Å². The molecule has 0 radical (unpaired) electrons. The summed E-state index contributed by atoms with van der Waals surface area (Å²) in [5.74, 6) is -0.0464. The molecule has 0 aliphatic carbocycles. The molecular formula is C29H33BrO5. The van der Waals surface area contributed by atoms with Gasteiger partial charge in [-0.25, -0.2) is 0 Å². The molecule has 0 aromatic heterocycles. The summed E-state index contributed by atoms with van der Waals surface area (Å²) in [6, 6.07) is 30.5. The second-order valence-electron chi connectivity index (χ2n) is 8.62. The number of halogens is 1. The molecule has 0 bridgehead atoms. The largest absolute Gasteiger partial charge is 0.374 e. The van der Waals surface area contributed by atoms with Gasteiger partial charge >= 0.3 is 0 Å². The fourth-order valence-electron chi connectivity index (χ4n) is 4.31. The summed E-state index contributed by atoms with van der Waals surface area (Å²) in [6.07, 6.45) is -1.36. The van der Waals surface area contributed by atoms with Gasteiger partial charge in [-0.2, -0.15) is 0 Å². The van der Waals surface area contributed by atoms with E-state index < -0.39 is 6.29 Å². The lowest BCUT2D eigenvalue weighted by molar-refractivity contribution is -0.295. The highest BCUT2D eigenvalue weighted by atomic mass is 79.9. The molecule has 0 saturated carbocycles. The van der Waals surface area contributed by atoms with Crippen LogP contribution in [-0.4, -0.2) is 43.6 Å². The van der Waals surface area contributed by atoms with Crippen LogP contribution in [-0.2, 0) is 43.5 Å². The van der Waals surface area contributed by atoms with E-state index in [1.807, 2.05) is 54.6 Å². The Morgan fingerprint density at radius 2 is 1.17 bits per heavy atom. The predicted octanol–water partition coefficient (Wildman–Crippen LogP) is 5.76. The molecule has 0 unspecified atom stereocenters. The molecule has 6 heteroatoms. The summed E-state index contributed by atoms with van der Waals surface area (Å²) in [7, 11) is 1.67. The van der Waals surface area contributed by atoms with Gasteiger partial charge in [0.1, 0.15) is 12.2 Å². The lowest BCUT2D eigenvalue weighted by Gasteiger charge is -2.45. The predicted molar refractivity (Wildman–Crippen MR) is 139 cm³/mol. The van der Waals surface area contributed by atoms with Crippen molar-refractivity contribution in [2.24, 2.45) is 5.92 Å². The summed E-state index contributed by atoms with van der Waals surface area (Å²) in [6.45, 7) is 1.81. The Balaban J connectivity index is 1.51. The Morgan fingerprint density at radius 3 is 1.66 bits per heavy atom. The van der Waals surface area contributed by atoms with E-state index in [-0.39, 0.29) is 24.2 Å². The Morgan fingerprint density at radius 1 is 0.686 bits per heavy atom. The third kappa shape index (κ3) is 7.46. The molecule has 4 rings (SSSR count). The van der Waals surface area contributed by atoms with Crippen molar-refractivity contribution in [2.75, 3.05) is 19.0 Å². The minimum atomic E-state index is -0.433. The van der Waals surface area contributed by atoms with Gasteiger partial charge in [0.25, 0.3) is 0 Å². The molecule has 3 aromatic carbocycles. The molecule has 1 heterocycles. The first kappa shape index (κ1) is 26.0. The minimum absolute atomic E-state index is 0.0464. The van der Waals surface area contributed by atoms with Gasteiger partial charge in [-0.1, -0.05) is 107 Å². The van der Waals surface area contributed by atoms with Crippen LogP contribution < -0.4 is 0 Å². The van der Waals surface area contributed by atoms with E-state index in [4.69, 9.17) is 23.7 Å². The molecule has 5 nitrogen and oxygen atoms in total. The molecule has 1 saturated heterocycles. The molecule has 5 atom stereocenters. The first-order valence-corrected chi connectivity index (χ1v) is 13.1. The van der Waals surface area contributed by atoms with E-state index in [1.54, 1.807) is 7.11 Å². The molecular weight excluding hydrogens is 508 g/mol. The van der Waals surface area contributed by atoms with Crippen LogP contribution in [0, 0.1) is 5.92 Å². The van der Waals surface area contributed by atoms with Crippen LogP contribution >= 0.6 is 15.9 Å². The van der Waals surface area contributed by atoms with Crippen molar-refractivity contribution in [1.82, 2.24) is 0 Å². The molecule has 0 N–H and O–H groups in total. The average Bonchev–Trinajstić information content (AvgIpc) is 2.92. The van der Waals surface area contributed by atoms with E-state index in [0.717, 1.165) is 16.7 Å². The molecule has 1 aliphatic heterocycles. The fourth-order valence-corrected chi connectivity index (χ4v) is 4.98. The standard InChI is InChI=1S/C29H33BrO5/c1-31-29-25(17-30)27(33-19-23-13-7-3-8-14-23)28(34-20-24-15-9-4-10-16-24)26(35-29)21-32-18-22-11-5-2-6-12-22/h2-16,25-29H,17-21H2,1H3/t25-,26-,27-,28-,29+/m1/s1. The normalized spacial score (nSPS) is 24.3. The molecule has 0 amide bonds. The second kappa shape index (κ2) is 13.9.